The van der Waals surface area contributed by atoms with Crippen LogP contribution in [0.2, 0.25) is 0 Å². The fourth-order valence-corrected chi connectivity index (χ4v) is 3.00. The highest BCUT2D eigenvalue weighted by Gasteiger charge is 2.13. The van der Waals surface area contributed by atoms with Crippen LogP contribution in [-0.4, -0.2) is 58.7 Å². The summed E-state index contributed by atoms with van der Waals surface area (Å²) in [4.78, 5) is 7.16. The molecule has 0 bridgehead atoms. The highest BCUT2D eigenvalue weighted by Crippen LogP contribution is 2.21. The standard InChI is InChI=1S/C19H21N5/c1-22-11-13-23(14-12-22)20-15-17-18-9-5-6-10-24(18)19(21-17)16-7-3-2-4-8-16/h2-10,15H,11-14H2,1H3. The van der Waals surface area contributed by atoms with Crippen LogP contribution >= 0.6 is 0 Å². The van der Waals surface area contributed by atoms with E-state index in [0.29, 0.717) is 0 Å². The molecule has 1 fully saturated rings. The largest absolute Gasteiger partial charge is 0.303 e. The molecule has 122 valence electrons. The van der Waals surface area contributed by atoms with E-state index in [0.717, 1.165) is 48.8 Å². The molecule has 1 saturated heterocycles. The van der Waals surface area contributed by atoms with E-state index in [9.17, 15) is 0 Å². The number of imidazole rings is 1. The van der Waals surface area contributed by atoms with Gasteiger partial charge in [0.05, 0.1) is 11.7 Å². The molecule has 0 saturated carbocycles. The summed E-state index contributed by atoms with van der Waals surface area (Å²) in [5, 5.41) is 6.77. The van der Waals surface area contributed by atoms with Crippen LogP contribution in [0.15, 0.2) is 59.8 Å². The molecular weight excluding hydrogens is 298 g/mol. The molecule has 2 aromatic heterocycles. The highest BCUT2D eigenvalue weighted by molar-refractivity contribution is 5.88. The van der Waals surface area contributed by atoms with Crippen molar-refractivity contribution < 1.29 is 0 Å². The Hall–Kier alpha value is -2.66. The lowest BCUT2D eigenvalue weighted by atomic mass is 10.2. The molecule has 3 aromatic rings. The normalized spacial score (nSPS) is 16.3. The molecule has 24 heavy (non-hydrogen) atoms. The third-order valence-corrected chi connectivity index (χ3v) is 4.43. The van der Waals surface area contributed by atoms with Crippen LogP contribution in [0.5, 0.6) is 0 Å². The monoisotopic (exact) mass is 319 g/mol. The zero-order valence-corrected chi connectivity index (χ0v) is 13.8. The molecule has 0 unspecified atom stereocenters. The van der Waals surface area contributed by atoms with Crippen LogP contribution < -0.4 is 0 Å². The maximum absolute atomic E-state index is 4.84. The number of nitrogens with zero attached hydrogens (tertiary/aromatic N) is 5. The molecule has 1 aliphatic rings. The molecule has 0 atom stereocenters. The minimum absolute atomic E-state index is 0.911. The van der Waals surface area contributed by atoms with Gasteiger partial charge in [-0.15, -0.1) is 0 Å². The number of aromatic nitrogens is 2. The first-order valence-corrected chi connectivity index (χ1v) is 8.31. The summed E-state index contributed by atoms with van der Waals surface area (Å²) >= 11 is 0. The molecule has 5 heteroatoms. The van der Waals surface area contributed by atoms with E-state index < -0.39 is 0 Å². The molecule has 0 radical (unpaired) electrons. The lowest BCUT2D eigenvalue weighted by Gasteiger charge is -2.30. The Balaban J connectivity index is 1.69. The Morgan fingerprint density at radius 3 is 2.50 bits per heavy atom. The average molecular weight is 319 g/mol. The number of hydrogen-bond donors (Lipinski definition) is 0. The van der Waals surface area contributed by atoms with Gasteiger partial charge >= 0.3 is 0 Å². The molecule has 1 aliphatic heterocycles. The van der Waals surface area contributed by atoms with Crippen molar-refractivity contribution >= 4 is 11.7 Å². The Morgan fingerprint density at radius 1 is 0.958 bits per heavy atom. The Labute approximate surface area is 141 Å². The van der Waals surface area contributed by atoms with Crippen molar-refractivity contribution in [1.29, 1.82) is 0 Å². The number of likely N-dealkylation sites (N-methyl/N-ethyl adjacent to an activating group) is 1. The van der Waals surface area contributed by atoms with E-state index in [2.05, 4.69) is 50.9 Å². The number of benzene rings is 1. The number of rotatable bonds is 3. The van der Waals surface area contributed by atoms with Gasteiger partial charge in [0.2, 0.25) is 0 Å². The minimum atomic E-state index is 0.911. The van der Waals surface area contributed by atoms with E-state index in [1.165, 1.54) is 0 Å². The third kappa shape index (κ3) is 2.90. The minimum Gasteiger partial charge on any atom is -0.303 e. The van der Waals surface area contributed by atoms with Crippen molar-refractivity contribution in [3.63, 3.8) is 0 Å². The second-order valence-electron chi connectivity index (χ2n) is 6.14. The van der Waals surface area contributed by atoms with Crippen LogP contribution in [0, 0.1) is 0 Å². The second-order valence-corrected chi connectivity index (χ2v) is 6.14. The Kier molecular flexibility index (Phi) is 4.01. The molecule has 0 amide bonds. The van der Waals surface area contributed by atoms with E-state index in [-0.39, 0.29) is 0 Å². The van der Waals surface area contributed by atoms with Crippen molar-refractivity contribution in [2.45, 2.75) is 0 Å². The number of piperazine rings is 1. The summed E-state index contributed by atoms with van der Waals surface area (Å²) < 4.78 is 2.13. The van der Waals surface area contributed by atoms with Gasteiger partial charge in [-0.05, 0) is 19.2 Å². The lowest BCUT2D eigenvalue weighted by Crippen LogP contribution is -2.41. The van der Waals surface area contributed by atoms with Crippen molar-refractivity contribution in [2.75, 3.05) is 33.2 Å². The number of fused-ring (bicyclic) bond motifs is 1. The molecule has 5 nitrogen and oxygen atoms in total. The summed E-state index contributed by atoms with van der Waals surface area (Å²) in [6.07, 6.45) is 3.95. The molecule has 3 heterocycles. The molecular formula is C19H21N5. The van der Waals surface area contributed by atoms with Gasteiger partial charge in [-0.3, -0.25) is 9.41 Å². The van der Waals surface area contributed by atoms with E-state index in [1.807, 2.05) is 36.5 Å². The van der Waals surface area contributed by atoms with Crippen LogP contribution in [-0.2, 0) is 0 Å². The van der Waals surface area contributed by atoms with Gasteiger partial charge in [0.15, 0.2) is 0 Å². The average Bonchev–Trinajstić information content (AvgIpc) is 3.01. The van der Waals surface area contributed by atoms with Gasteiger partial charge in [0.25, 0.3) is 0 Å². The van der Waals surface area contributed by atoms with Crippen LogP contribution in [0.25, 0.3) is 16.9 Å². The molecule has 1 aromatic carbocycles. The zero-order chi connectivity index (χ0) is 16.4. The zero-order valence-electron chi connectivity index (χ0n) is 13.8. The molecule has 4 rings (SSSR count). The van der Waals surface area contributed by atoms with Gasteiger partial charge < -0.3 is 4.90 Å². The highest BCUT2D eigenvalue weighted by atomic mass is 15.5. The van der Waals surface area contributed by atoms with Crippen LogP contribution in [0.4, 0.5) is 0 Å². The van der Waals surface area contributed by atoms with Gasteiger partial charge in [-0.25, -0.2) is 4.98 Å². The van der Waals surface area contributed by atoms with Gasteiger partial charge in [0.1, 0.15) is 11.5 Å². The number of hydrogen-bond acceptors (Lipinski definition) is 4. The van der Waals surface area contributed by atoms with Crippen molar-refractivity contribution in [1.82, 2.24) is 19.3 Å². The van der Waals surface area contributed by atoms with Crippen LogP contribution in [0.1, 0.15) is 5.69 Å². The first-order valence-electron chi connectivity index (χ1n) is 8.31. The molecule has 0 aliphatic carbocycles. The molecule has 0 N–H and O–H groups in total. The van der Waals surface area contributed by atoms with Gasteiger partial charge in [-0.1, -0.05) is 36.4 Å². The van der Waals surface area contributed by atoms with Crippen molar-refractivity contribution in [3.05, 3.63) is 60.4 Å². The second kappa shape index (κ2) is 6.45. The smallest absolute Gasteiger partial charge is 0.145 e. The number of pyridine rings is 1. The predicted molar refractivity (Wildman–Crippen MR) is 97.3 cm³/mol. The van der Waals surface area contributed by atoms with E-state index in [1.54, 1.807) is 0 Å². The van der Waals surface area contributed by atoms with Crippen molar-refractivity contribution in [2.24, 2.45) is 5.10 Å². The maximum atomic E-state index is 4.84. The van der Waals surface area contributed by atoms with E-state index in [4.69, 9.17) is 4.98 Å². The van der Waals surface area contributed by atoms with Crippen LogP contribution in [0.3, 0.4) is 0 Å². The predicted octanol–water partition coefficient (Wildman–Crippen LogP) is 2.58. The lowest BCUT2D eigenvalue weighted by molar-refractivity contribution is 0.159. The summed E-state index contributed by atoms with van der Waals surface area (Å²) in [6.45, 7) is 4.03. The number of hydrazone groups is 1. The fourth-order valence-electron chi connectivity index (χ4n) is 3.00. The molecule has 0 spiro atoms. The maximum Gasteiger partial charge on any atom is 0.145 e. The first kappa shape index (κ1) is 14.9. The fraction of sp³-hybridized carbons (Fsp3) is 0.263. The Bertz CT molecular complexity index is 845. The van der Waals surface area contributed by atoms with Gasteiger partial charge in [0, 0.05) is 37.9 Å². The van der Waals surface area contributed by atoms with Crippen molar-refractivity contribution in [3.8, 4) is 11.4 Å². The Morgan fingerprint density at radius 2 is 1.71 bits per heavy atom. The first-order chi connectivity index (χ1) is 11.8. The SMILES string of the molecule is CN1CCN(N=Cc2nc(-c3ccccc3)n3ccccc23)CC1. The summed E-state index contributed by atoms with van der Waals surface area (Å²) in [5.74, 6) is 0.950. The summed E-state index contributed by atoms with van der Waals surface area (Å²) in [6, 6.07) is 16.4. The van der Waals surface area contributed by atoms with Gasteiger partial charge in [-0.2, -0.15) is 5.10 Å². The van der Waals surface area contributed by atoms with E-state index >= 15 is 0 Å². The summed E-state index contributed by atoms with van der Waals surface area (Å²) in [7, 11) is 2.15. The third-order valence-electron chi connectivity index (χ3n) is 4.43. The topological polar surface area (TPSA) is 36.1 Å². The quantitative estimate of drug-likeness (QED) is 0.696. The summed E-state index contributed by atoms with van der Waals surface area (Å²) in [5.41, 5.74) is 3.10.